The van der Waals surface area contributed by atoms with E-state index in [0.29, 0.717) is 6.04 Å². The lowest BCUT2D eigenvalue weighted by atomic mass is 10.3. The fourth-order valence-corrected chi connectivity index (χ4v) is 1.38. The van der Waals surface area contributed by atoms with Crippen LogP contribution < -0.4 is 5.32 Å². The van der Waals surface area contributed by atoms with Crippen LogP contribution in [0.4, 0.5) is 0 Å². The van der Waals surface area contributed by atoms with Crippen LogP contribution in [0.15, 0.2) is 12.4 Å². The van der Waals surface area contributed by atoms with Gasteiger partial charge in [0.1, 0.15) is 0 Å². The molecule has 0 saturated heterocycles. The SMILES string of the molecule is Cc1cnn(CCCCNC(C)C)c1. The molecule has 0 unspecified atom stereocenters. The van der Waals surface area contributed by atoms with Crippen LogP contribution in [0.1, 0.15) is 32.3 Å². The van der Waals surface area contributed by atoms with Crippen LogP contribution in [0, 0.1) is 6.92 Å². The molecule has 0 aliphatic carbocycles. The molecule has 1 rings (SSSR count). The van der Waals surface area contributed by atoms with Crippen molar-refractivity contribution in [3.8, 4) is 0 Å². The first-order valence-electron chi connectivity index (χ1n) is 5.41. The van der Waals surface area contributed by atoms with Gasteiger partial charge in [0, 0.05) is 18.8 Å². The Morgan fingerprint density at radius 3 is 2.79 bits per heavy atom. The summed E-state index contributed by atoms with van der Waals surface area (Å²) in [4.78, 5) is 0. The lowest BCUT2D eigenvalue weighted by Crippen LogP contribution is -2.23. The van der Waals surface area contributed by atoms with Gasteiger partial charge in [-0.3, -0.25) is 4.68 Å². The molecule has 0 amide bonds. The number of unbranched alkanes of at least 4 members (excludes halogenated alkanes) is 1. The molecule has 1 aromatic heterocycles. The number of rotatable bonds is 6. The van der Waals surface area contributed by atoms with Crippen LogP contribution in [-0.4, -0.2) is 22.4 Å². The van der Waals surface area contributed by atoms with E-state index in [2.05, 4.69) is 37.4 Å². The summed E-state index contributed by atoms with van der Waals surface area (Å²) >= 11 is 0. The first-order chi connectivity index (χ1) is 6.68. The Morgan fingerprint density at radius 1 is 1.43 bits per heavy atom. The smallest absolute Gasteiger partial charge is 0.0518 e. The van der Waals surface area contributed by atoms with Gasteiger partial charge in [0.05, 0.1) is 6.20 Å². The van der Waals surface area contributed by atoms with E-state index in [1.807, 2.05) is 10.9 Å². The zero-order valence-corrected chi connectivity index (χ0v) is 9.45. The van der Waals surface area contributed by atoms with Gasteiger partial charge in [-0.2, -0.15) is 5.10 Å². The first-order valence-corrected chi connectivity index (χ1v) is 5.41. The van der Waals surface area contributed by atoms with Crippen molar-refractivity contribution in [1.29, 1.82) is 0 Å². The highest BCUT2D eigenvalue weighted by Gasteiger charge is 1.95. The Kier molecular flexibility index (Phi) is 4.66. The molecular formula is C11H21N3. The van der Waals surface area contributed by atoms with Crippen LogP contribution in [0.3, 0.4) is 0 Å². The predicted molar refractivity (Wildman–Crippen MR) is 59.3 cm³/mol. The number of aromatic nitrogens is 2. The summed E-state index contributed by atoms with van der Waals surface area (Å²) in [7, 11) is 0. The number of aryl methyl sites for hydroxylation is 2. The van der Waals surface area contributed by atoms with E-state index in [4.69, 9.17) is 0 Å². The maximum atomic E-state index is 4.24. The Balaban J connectivity index is 2.04. The molecule has 3 nitrogen and oxygen atoms in total. The lowest BCUT2D eigenvalue weighted by Gasteiger charge is -2.07. The van der Waals surface area contributed by atoms with E-state index in [-0.39, 0.29) is 0 Å². The van der Waals surface area contributed by atoms with Crippen molar-refractivity contribution < 1.29 is 0 Å². The molecule has 1 N–H and O–H groups in total. The van der Waals surface area contributed by atoms with E-state index >= 15 is 0 Å². The molecule has 0 saturated carbocycles. The molecule has 0 radical (unpaired) electrons. The molecule has 0 bridgehead atoms. The fraction of sp³-hybridized carbons (Fsp3) is 0.727. The van der Waals surface area contributed by atoms with Crippen LogP contribution >= 0.6 is 0 Å². The zero-order chi connectivity index (χ0) is 10.4. The van der Waals surface area contributed by atoms with E-state index < -0.39 is 0 Å². The van der Waals surface area contributed by atoms with E-state index in [0.717, 1.165) is 13.1 Å². The monoisotopic (exact) mass is 195 g/mol. The molecule has 0 spiro atoms. The Hall–Kier alpha value is -0.830. The third-order valence-electron chi connectivity index (χ3n) is 2.13. The van der Waals surface area contributed by atoms with Crippen molar-refractivity contribution in [2.24, 2.45) is 0 Å². The summed E-state index contributed by atoms with van der Waals surface area (Å²) in [6, 6.07) is 0.599. The molecule has 1 aromatic rings. The van der Waals surface area contributed by atoms with Gasteiger partial charge in [0.25, 0.3) is 0 Å². The number of hydrogen-bond acceptors (Lipinski definition) is 2. The molecule has 0 aliphatic heterocycles. The van der Waals surface area contributed by atoms with Crippen molar-refractivity contribution in [1.82, 2.24) is 15.1 Å². The third-order valence-corrected chi connectivity index (χ3v) is 2.13. The maximum absolute atomic E-state index is 4.24. The van der Waals surface area contributed by atoms with Crippen molar-refractivity contribution in [3.63, 3.8) is 0 Å². The highest BCUT2D eigenvalue weighted by Crippen LogP contribution is 1.97. The highest BCUT2D eigenvalue weighted by atomic mass is 15.3. The molecule has 1 heterocycles. The number of nitrogens with zero attached hydrogens (tertiary/aromatic N) is 2. The van der Waals surface area contributed by atoms with Gasteiger partial charge in [-0.15, -0.1) is 0 Å². The average molecular weight is 195 g/mol. The normalized spacial score (nSPS) is 11.1. The van der Waals surface area contributed by atoms with E-state index in [1.54, 1.807) is 0 Å². The second-order valence-corrected chi connectivity index (χ2v) is 4.10. The van der Waals surface area contributed by atoms with Crippen LogP contribution in [-0.2, 0) is 6.54 Å². The summed E-state index contributed by atoms with van der Waals surface area (Å²) in [6.07, 6.45) is 6.42. The highest BCUT2D eigenvalue weighted by molar-refractivity contribution is 4.99. The van der Waals surface area contributed by atoms with Crippen LogP contribution in [0.25, 0.3) is 0 Å². The van der Waals surface area contributed by atoms with Gasteiger partial charge in [0.15, 0.2) is 0 Å². The summed E-state index contributed by atoms with van der Waals surface area (Å²) in [5.41, 5.74) is 1.24. The van der Waals surface area contributed by atoms with Gasteiger partial charge in [0.2, 0.25) is 0 Å². The van der Waals surface area contributed by atoms with Gasteiger partial charge in [-0.25, -0.2) is 0 Å². The van der Waals surface area contributed by atoms with Crippen LogP contribution in [0.2, 0.25) is 0 Å². The molecule has 80 valence electrons. The van der Waals surface area contributed by atoms with Gasteiger partial charge in [-0.05, 0) is 31.9 Å². The standard InChI is InChI=1S/C11H21N3/c1-10(2)12-6-4-5-7-14-9-11(3)8-13-14/h8-10,12H,4-7H2,1-3H3. The third kappa shape index (κ3) is 4.42. The molecule has 0 aliphatic rings. The van der Waals surface area contributed by atoms with Gasteiger partial charge < -0.3 is 5.32 Å². The van der Waals surface area contributed by atoms with Crippen molar-refractivity contribution in [2.45, 2.75) is 46.2 Å². The summed E-state index contributed by atoms with van der Waals surface area (Å²) in [5, 5.41) is 7.65. The molecule has 0 aromatic carbocycles. The van der Waals surface area contributed by atoms with E-state index in [1.165, 1.54) is 18.4 Å². The van der Waals surface area contributed by atoms with Gasteiger partial charge >= 0.3 is 0 Å². The van der Waals surface area contributed by atoms with E-state index in [9.17, 15) is 0 Å². The number of hydrogen-bond donors (Lipinski definition) is 1. The Bertz CT molecular complexity index is 253. The summed E-state index contributed by atoms with van der Waals surface area (Å²) < 4.78 is 2.02. The minimum atomic E-state index is 0.599. The average Bonchev–Trinajstić information content (AvgIpc) is 2.50. The number of nitrogens with one attached hydrogen (secondary N) is 1. The van der Waals surface area contributed by atoms with Crippen LogP contribution in [0.5, 0.6) is 0 Å². The molecule has 3 heteroatoms. The first kappa shape index (κ1) is 11.2. The Labute approximate surface area is 86.5 Å². The molecule has 14 heavy (non-hydrogen) atoms. The topological polar surface area (TPSA) is 29.9 Å². The largest absolute Gasteiger partial charge is 0.315 e. The van der Waals surface area contributed by atoms with Gasteiger partial charge in [-0.1, -0.05) is 13.8 Å². The lowest BCUT2D eigenvalue weighted by molar-refractivity contribution is 0.512. The van der Waals surface area contributed by atoms with Crippen molar-refractivity contribution in [2.75, 3.05) is 6.54 Å². The molecule has 0 atom stereocenters. The predicted octanol–water partition coefficient (Wildman–Crippen LogP) is 1.97. The fourth-order valence-electron chi connectivity index (χ4n) is 1.38. The minimum absolute atomic E-state index is 0.599. The van der Waals surface area contributed by atoms with Crippen molar-refractivity contribution in [3.05, 3.63) is 18.0 Å². The Morgan fingerprint density at radius 2 is 2.21 bits per heavy atom. The summed E-state index contributed by atoms with van der Waals surface area (Å²) in [6.45, 7) is 8.57. The molecular weight excluding hydrogens is 174 g/mol. The quantitative estimate of drug-likeness (QED) is 0.703. The minimum Gasteiger partial charge on any atom is -0.315 e. The molecule has 0 fully saturated rings. The zero-order valence-electron chi connectivity index (χ0n) is 9.45. The summed E-state index contributed by atoms with van der Waals surface area (Å²) in [5.74, 6) is 0. The maximum Gasteiger partial charge on any atom is 0.0518 e. The second-order valence-electron chi connectivity index (χ2n) is 4.10. The van der Waals surface area contributed by atoms with Crippen molar-refractivity contribution >= 4 is 0 Å². The second kappa shape index (κ2) is 5.81.